The highest BCUT2D eigenvalue weighted by atomic mass is 35.5. The molecule has 0 atom stereocenters. The lowest BCUT2D eigenvalue weighted by atomic mass is 9.93. The number of carbonyl (C=O) groups excluding carboxylic acids is 1. The lowest BCUT2D eigenvalue weighted by molar-refractivity contribution is 0.108. The van der Waals surface area contributed by atoms with Crippen LogP contribution in [0.4, 0.5) is 0 Å². The zero-order chi connectivity index (χ0) is 13.0. The van der Waals surface area contributed by atoms with E-state index in [2.05, 4.69) is 30.3 Å². The Kier molecular flexibility index (Phi) is 2.09. The Labute approximate surface area is 114 Å². The van der Waals surface area contributed by atoms with Crippen LogP contribution in [0.2, 0.25) is 0 Å². The van der Waals surface area contributed by atoms with Gasteiger partial charge in [0.1, 0.15) is 0 Å². The molecule has 0 heterocycles. The summed E-state index contributed by atoms with van der Waals surface area (Å²) in [5.41, 5.74) is 0.549. The quantitative estimate of drug-likeness (QED) is 0.351. The molecule has 0 aliphatic carbocycles. The third-order valence-electron chi connectivity index (χ3n) is 3.69. The maximum atomic E-state index is 11.4. The van der Waals surface area contributed by atoms with E-state index in [1.54, 1.807) is 0 Å². The second-order valence-corrected chi connectivity index (χ2v) is 5.12. The number of hydrogen-bond acceptors (Lipinski definition) is 1. The smallest absolute Gasteiger partial charge is 0.252 e. The predicted molar refractivity (Wildman–Crippen MR) is 80.3 cm³/mol. The molecule has 0 unspecified atom stereocenters. The van der Waals surface area contributed by atoms with Crippen molar-refractivity contribution in [1.29, 1.82) is 0 Å². The van der Waals surface area contributed by atoms with Crippen LogP contribution in [0.1, 0.15) is 10.4 Å². The minimum absolute atomic E-state index is 0.412. The van der Waals surface area contributed by atoms with Gasteiger partial charge in [0.15, 0.2) is 0 Å². The van der Waals surface area contributed by atoms with Crippen molar-refractivity contribution in [1.82, 2.24) is 0 Å². The van der Waals surface area contributed by atoms with Gasteiger partial charge in [-0.1, -0.05) is 42.5 Å². The van der Waals surface area contributed by atoms with E-state index in [4.69, 9.17) is 11.6 Å². The van der Waals surface area contributed by atoms with Gasteiger partial charge in [0.25, 0.3) is 5.24 Å². The summed E-state index contributed by atoms with van der Waals surface area (Å²) < 4.78 is 0. The highest BCUT2D eigenvalue weighted by molar-refractivity contribution is 6.68. The Morgan fingerprint density at radius 2 is 1.21 bits per heavy atom. The normalized spacial score (nSPS) is 11.6. The van der Waals surface area contributed by atoms with Gasteiger partial charge >= 0.3 is 0 Å². The van der Waals surface area contributed by atoms with Gasteiger partial charge in [-0.25, -0.2) is 0 Å². The molecule has 4 aromatic carbocycles. The molecule has 2 heteroatoms. The van der Waals surface area contributed by atoms with E-state index in [1.807, 2.05) is 24.3 Å². The minimum Gasteiger partial charge on any atom is -0.276 e. The fourth-order valence-electron chi connectivity index (χ4n) is 2.87. The van der Waals surface area contributed by atoms with Crippen molar-refractivity contribution in [2.45, 2.75) is 0 Å². The molecule has 0 spiro atoms. The van der Waals surface area contributed by atoms with Crippen molar-refractivity contribution >= 4 is 49.2 Å². The minimum atomic E-state index is -0.412. The first-order valence-electron chi connectivity index (χ1n) is 6.11. The van der Waals surface area contributed by atoms with Gasteiger partial charge in [0, 0.05) is 5.56 Å². The zero-order valence-corrected chi connectivity index (χ0v) is 10.7. The van der Waals surface area contributed by atoms with Crippen molar-refractivity contribution in [2.75, 3.05) is 0 Å². The summed E-state index contributed by atoms with van der Waals surface area (Å²) in [5, 5.41) is 6.62. The molecule has 0 amide bonds. The zero-order valence-electron chi connectivity index (χ0n) is 9.98. The molecule has 0 aliphatic heterocycles. The third kappa shape index (κ3) is 1.45. The van der Waals surface area contributed by atoms with Crippen LogP contribution >= 0.6 is 11.6 Å². The highest BCUT2D eigenvalue weighted by Gasteiger charge is 2.10. The topological polar surface area (TPSA) is 17.1 Å². The van der Waals surface area contributed by atoms with Gasteiger partial charge in [-0.15, -0.1) is 0 Å². The van der Waals surface area contributed by atoms with E-state index in [1.165, 1.54) is 21.5 Å². The Morgan fingerprint density at radius 1 is 0.737 bits per heavy atom. The lowest BCUT2D eigenvalue weighted by Gasteiger charge is -2.11. The molecule has 4 aromatic rings. The molecule has 0 saturated heterocycles. The largest absolute Gasteiger partial charge is 0.276 e. The number of benzene rings is 4. The van der Waals surface area contributed by atoms with Gasteiger partial charge in [-0.05, 0) is 56.1 Å². The van der Waals surface area contributed by atoms with E-state index < -0.39 is 5.24 Å². The van der Waals surface area contributed by atoms with Gasteiger partial charge in [-0.3, -0.25) is 4.79 Å². The Morgan fingerprint density at radius 3 is 1.74 bits per heavy atom. The Bertz CT molecular complexity index is 876. The molecule has 0 N–H and O–H groups in total. The van der Waals surface area contributed by atoms with Gasteiger partial charge in [-0.2, -0.15) is 0 Å². The average Bonchev–Trinajstić information content (AvgIpc) is 2.44. The van der Waals surface area contributed by atoms with Crippen LogP contribution in [0.3, 0.4) is 0 Å². The number of halogens is 1. The maximum Gasteiger partial charge on any atom is 0.252 e. The number of carbonyl (C=O) groups is 1. The molecule has 1 nitrogen and oxygen atoms in total. The van der Waals surface area contributed by atoms with Crippen LogP contribution in [-0.2, 0) is 0 Å². The molecule has 19 heavy (non-hydrogen) atoms. The molecule has 0 saturated carbocycles. The predicted octanol–water partition coefficient (Wildman–Crippen LogP) is 4.96. The lowest BCUT2D eigenvalue weighted by Crippen LogP contribution is -1.91. The van der Waals surface area contributed by atoms with E-state index >= 15 is 0 Å². The molecule has 90 valence electrons. The maximum absolute atomic E-state index is 11.4. The average molecular weight is 265 g/mol. The van der Waals surface area contributed by atoms with Crippen molar-refractivity contribution in [3.8, 4) is 0 Å². The molecule has 0 fully saturated rings. The fraction of sp³-hybridized carbons (Fsp3) is 0. The van der Waals surface area contributed by atoms with Crippen LogP contribution in [0.5, 0.6) is 0 Å². The van der Waals surface area contributed by atoms with Gasteiger partial charge in [0.05, 0.1) is 0 Å². The van der Waals surface area contributed by atoms with Gasteiger partial charge < -0.3 is 0 Å². The first-order chi connectivity index (χ1) is 9.24. The second-order valence-electron chi connectivity index (χ2n) is 4.78. The molecule has 0 bridgehead atoms. The number of rotatable bonds is 1. The van der Waals surface area contributed by atoms with Crippen molar-refractivity contribution in [3.63, 3.8) is 0 Å². The van der Waals surface area contributed by atoms with Crippen LogP contribution < -0.4 is 0 Å². The standard InChI is InChI=1S/C17H9ClO/c18-17(19)14-8-12-6-4-10-2-1-3-11-5-7-13(9-14)16(12)15(10)11/h1-9H. The SMILES string of the molecule is O=C(Cl)c1cc2ccc3cccc4ccc(c1)c2c34. The van der Waals surface area contributed by atoms with Crippen molar-refractivity contribution in [2.24, 2.45) is 0 Å². The monoisotopic (exact) mass is 264 g/mol. The summed E-state index contributed by atoms with van der Waals surface area (Å²) in [6.45, 7) is 0. The highest BCUT2D eigenvalue weighted by Crippen LogP contribution is 2.35. The fourth-order valence-corrected chi connectivity index (χ4v) is 2.98. The van der Waals surface area contributed by atoms with E-state index in [-0.39, 0.29) is 0 Å². The Hall–Kier alpha value is -2.12. The van der Waals surface area contributed by atoms with E-state index in [9.17, 15) is 4.79 Å². The van der Waals surface area contributed by atoms with Crippen LogP contribution in [0.15, 0.2) is 54.6 Å². The van der Waals surface area contributed by atoms with Crippen LogP contribution in [0.25, 0.3) is 32.3 Å². The summed E-state index contributed by atoms with van der Waals surface area (Å²) in [6, 6.07) is 18.3. The van der Waals surface area contributed by atoms with Gasteiger partial charge in [0.2, 0.25) is 0 Å². The summed E-state index contributed by atoms with van der Waals surface area (Å²) in [7, 11) is 0. The summed E-state index contributed by atoms with van der Waals surface area (Å²) >= 11 is 5.60. The Balaban J connectivity index is 2.32. The molecular weight excluding hydrogens is 256 g/mol. The van der Waals surface area contributed by atoms with E-state index in [0.29, 0.717) is 5.56 Å². The molecular formula is C17H9ClO. The van der Waals surface area contributed by atoms with Crippen LogP contribution in [0, 0.1) is 0 Å². The first kappa shape index (κ1) is 10.8. The third-order valence-corrected chi connectivity index (χ3v) is 3.91. The number of hydrogen-bond donors (Lipinski definition) is 0. The summed E-state index contributed by atoms with van der Waals surface area (Å²) in [4.78, 5) is 11.4. The molecule has 0 aromatic heterocycles. The summed E-state index contributed by atoms with van der Waals surface area (Å²) in [5.74, 6) is 0. The van der Waals surface area contributed by atoms with Crippen molar-refractivity contribution in [3.05, 3.63) is 60.2 Å². The molecule has 4 rings (SSSR count). The summed E-state index contributed by atoms with van der Waals surface area (Å²) in [6.07, 6.45) is 0. The molecule has 0 aliphatic rings. The van der Waals surface area contributed by atoms with Crippen molar-refractivity contribution < 1.29 is 4.79 Å². The van der Waals surface area contributed by atoms with E-state index in [0.717, 1.165) is 10.8 Å². The molecule has 0 radical (unpaired) electrons. The first-order valence-corrected chi connectivity index (χ1v) is 6.49. The van der Waals surface area contributed by atoms with Crippen LogP contribution in [-0.4, -0.2) is 5.24 Å². The second kappa shape index (κ2) is 3.69.